The molecule has 3 nitrogen and oxygen atoms in total. The number of aromatic nitrogens is 3. The second-order valence-corrected chi connectivity index (χ2v) is 7.32. The predicted molar refractivity (Wildman–Crippen MR) is 114 cm³/mol. The van der Waals surface area contributed by atoms with Gasteiger partial charge in [-0.05, 0) is 19.9 Å². The highest BCUT2D eigenvalue weighted by Crippen LogP contribution is 2.18. The van der Waals surface area contributed by atoms with Crippen molar-refractivity contribution in [2.75, 3.05) is 0 Å². The number of rotatable bonds is 3. The Labute approximate surface area is 162 Å². The molecule has 4 aromatic rings. The molecule has 0 radical (unpaired) electrons. The quantitative estimate of drug-likeness (QED) is 0.542. The van der Waals surface area contributed by atoms with E-state index in [-0.39, 0.29) is 0 Å². The Morgan fingerprint density at radius 2 is 1.70 bits per heavy atom. The Hall–Kier alpha value is -3.11. The summed E-state index contributed by atoms with van der Waals surface area (Å²) in [5, 5.41) is 2.40. The van der Waals surface area contributed by atoms with E-state index in [1.165, 1.54) is 19.8 Å². The summed E-state index contributed by atoms with van der Waals surface area (Å²) in [7, 11) is 0. The predicted octanol–water partition coefficient (Wildman–Crippen LogP) is 4.25. The van der Waals surface area contributed by atoms with E-state index < -0.39 is 0 Å². The highest BCUT2D eigenvalue weighted by Gasteiger charge is 2.10. The van der Waals surface area contributed by atoms with Crippen molar-refractivity contribution >= 4 is 33.1 Å². The van der Waals surface area contributed by atoms with E-state index in [2.05, 4.69) is 53.8 Å². The Balaban J connectivity index is 2.01. The van der Waals surface area contributed by atoms with Gasteiger partial charge in [0.25, 0.3) is 0 Å². The molecule has 27 heavy (non-hydrogen) atoms. The first kappa shape index (κ1) is 17.3. The van der Waals surface area contributed by atoms with Crippen molar-refractivity contribution in [3.63, 3.8) is 0 Å². The minimum absolute atomic E-state index is 0.702. The van der Waals surface area contributed by atoms with Gasteiger partial charge in [-0.15, -0.1) is 11.3 Å². The lowest BCUT2D eigenvalue weighted by Crippen LogP contribution is -2.22. The molecule has 0 spiro atoms. The Morgan fingerprint density at radius 1 is 0.963 bits per heavy atom. The van der Waals surface area contributed by atoms with Crippen molar-refractivity contribution in [2.24, 2.45) is 0 Å². The molecule has 0 atom stereocenters. The number of allylic oxidation sites excluding steroid dienone is 1. The highest BCUT2D eigenvalue weighted by molar-refractivity contribution is 7.17. The average molecular weight is 369 g/mol. The Morgan fingerprint density at radius 3 is 2.48 bits per heavy atom. The fourth-order valence-electron chi connectivity index (χ4n) is 3.09. The van der Waals surface area contributed by atoms with Crippen molar-refractivity contribution in [2.45, 2.75) is 13.8 Å². The third-order valence-corrected chi connectivity index (χ3v) is 5.68. The van der Waals surface area contributed by atoms with Crippen LogP contribution < -0.4 is 9.75 Å². The maximum Gasteiger partial charge on any atom is 0.163 e. The summed E-state index contributed by atoms with van der Waals surface area (Å²) < 4.78 is 2.41. The number of hydrogen-bond donors (Lipinski definition) is 0. The molecular formula is C23H19N3S. The maximum absolute atomic E-state index is 4.76. The van der Waals surface area contributed by atoms with Crippen LogP contribution in [0, 0.1) is 6.92 Å². The molecule has 0 aliphatic rings. The molecule has 0 fully saturated rings. The first-order chi connectivity index (χ1) is 13.2. The van der Waals surface area contributed by atoms with Gasteiger partial charge in [-0.3, -0.25) is 0 Å². The molecule has 132 valence electrons. The van der Waals surface area contributed by atoms with E-state index in [0.29, 0.717) is 17.5 Å². The van der Waals surface area contributed by atoms with Gasteiger partial charge >= 0.3 is 0 Å². The van der Waals surface area contributed by atoms with Gasteiger partial charge in [0.2, 0.25) is 0 Å². The van der Waals surface area contributed by atoms with Crippen LogP contribution in [0.2, 0.25) is 0 Å². The zero-order valence-electron chi connectivity index (χ0n) is 15.3. The topological polar surface area (TPSA) is 38.7 Å². The zero-order valence-corrected chi connectivity index (χ0v) is 16.1. The van der Waals surface area contributed by atoms with Crippen molar-refractivity contribution in [3.05, 3.63) is 88.7 Å². The molecule has 0 aliphatic carbocycles. The molecule has 0 N–H and O–H groups in total. The standard InChI is InChI=1S/C23H19N3S/c1-4-10-19-18-13-8-9-14-20(18)27-21(19)15(2)22-24-16(3)25-23(26-22)17-11-6-5-7-12-17/h4-14H,1H2,2-3H3/b19-10-,21-15-. The van der Waals surface area contributed by atoms with Gasteiger partial charge in [0, 0.05) is 31.0 Å². The van der Waals surface area contributed by atoms with E-state index in [0.717, 1.165) is 11.1 Å². The smallest absolute Gasteiger partial charge is 0.163 e. The van der Waals surface area contributed by atoms with Crippen LogP contribution in [-0.2, 0) is 0 Å². The Kier molecular flexibility index (Phi) is 4.65. The zero-order chi connectivity index (χ0) is 18.8. The van der Waals surface area contributed by atoms with Crippen molar-refractivity contribution < 1.29 is 0 Å². The Bertz CT molecular complexity index is 1250. The van der Waals surface area contributed by atoms with Gasteiger partial charge in [0.15, 0.2) is 11.6 Å². The molecule has 0 amide bonds. The van der Waals surface area contributed by atoms with Crippen molar-refractivity contribution in [1.29, 1.82) is 0 Å². The number of fused-ring (bicyclic) bond motifs is 1. The van der Waals surface area contributed by atoms with Crippen molar-refractivity contribution in [1.82, 2.24) is 15.0 Å². The summed E-state index contributed by atoms with van der Waals surface area (Å²) in [6.45, 7) is 7.87. The number of hydrogen-bond acceptors (Lipinski definition) is 4. The van der Waals surface area contributed by atoms with Gasteiger partial charge in [0.05, 0.1) is 0 Å². The third kappa shape index (κ3) is 3.32. The molecule has 2 aromatic heterocycles. The normalized spacial score (nSPS) is 13.0. The van der Waals surface area contributed by atoms with Crippen LogP contribution in [0.1, 0.15) is 18.6 Å². The summed E-state index contributed by atoms with van der Waals surface area (Å²) in [5.74, 6) is 2.13. The number of aryl methyl sites for hydroxylation is 1. The van der Waals surface area contributed by atoms with Crippen LogP contribution >= 0.6 is 11.3 Å². The van der Waals surface area contributed by atoms with Crippen molar-refractivity contribution in [3.8, 4) is 11.4 Å². The van der Waals surface area contributed by atoms with E-state index in [4.69, 9.17) is 4.98 Å². The fraction of sp³-hybridized carbons (Fsp3) is 0.0870. The lowest BCUT2D eigenvalue weighted by Gasteiger charge is -2.05. The summed E-state index contributed by atoms with van der Waals surface area (Å²) in [6, 6.07) is 18.4. The second kappa shape index (κ2) is 7.25. The third-order valence-electron chi connectivity index (χ3n) is 4.37. The van der Waals surface area contributed by atoms with Gasteiger partial charge < -0.3 is 0 Å². The van der Waals surface area contributed by atoms with Crippen LogP contribution in [0.25, 0.3) is 33.1 Å². The molecule has 0 saturated heterocycles. The molecule has 4 rings (SSSR count). The second-order valence-electron chi connectivity index (χ2n) is 6.26. The fourth-order valence-corrected chi connectivity index (χ4v) is 4.28. The summed E-state index contributed by atoms with van der Waals surface area (Å²) in [5.41, 5.74) is 2.04. The van der Waals surface area contributed by atoms with Crippen LogP contribution in [0.3, 0.4) is 0 Å². The van der Waals surface area contributed by atoms with Crippen LogP contribution in [0.15, 0.2) is 67.3 Å². The average Bonchev–Trinajstić information content (AvgIpc) is 3.06. The number of benzene rings is 2. The molecule has 0 unspecified atom stereocenters. The molecule has 2 heterocycles. The lowest BCUT2D eigenvalue weighted by atomic mass is 10.1. The summed E-state index contributed by atoms with van der Waals surface area (Å²) in [6.07, 6.45) is 3.89. The van der Waals surface area contributed by atoms with E-state index in [1.54, 1.807) is 11.3 Å². The maximum atomic E-state index is 4.76. The number of thiophene rings is 1. The molecule has 0 bridgehead atoms. The molecule has 4 heteroatoms. The summed E-state index contributed by atoms with van der Waals surface area (Å²) in [4.78, 5) is 13.9. The summed E-state index contributed by atoms with van der Waals surface area (Å²) >= 11 is 1.76. The van der Waals surface area contributed by atoms with E-state index in [1.807, 2.05) is 43.3 Å². The van der Waals surface area contributed by atoms with Gasteiger partial charge in [-0.25, -0.2) is 15.0 Å². The highest BCUT2D eigenvalue weighted by atomic mass is 32.1. The van der Waals surface area contributed by atoms with Gasteiger partial charge in [-0.2, -0.15) is 0 Å². The number of nitrogens with zero attached hydrogens (tertiary/aromatic N) is 3. The van der Waals surface area contributed by atoms with Crippen LogP contribution in [-0.4, -0.2) is 15.0 Å². The largest absolute Gasteiger partial charge is 0.214 e. The molecular weight excluding hydrogens is 350 g/mol. The minimum Gasteiger partial charge on any atom is -0.214 e. The van der Waals surface area contributed by atoms with E-state index >= 15 is 0 Å². The van der Waals surface area contributed by atoms with E-state index in [9.17, 15) is 0 Å². The van der Waals surface area contributed by atoms with Crippen LogP contribution in [0.4, 0.5) is 0 Å². The monoisotopic (exact) mass is 369 g/mol. The molecule has 0 aliphatic heterocycles. The van der Waals surface area contributed by atoms with Crippen LogP contribution in [0.5, 0.6) is 0 Å². The first-order valence-corrected chi connectivity index (χ1v) is 9.58. The first-order valence-electron chi connectivity index (χ1n) is 8.77. The SMILES string of the molecule is C=C/C=c1\c(=C(/C)c2nc(C)nc(-c3ccccc3)n2)sc2ccccc12. The minimum atomic E-state index is 0.702. The van der Waals surface area contributed by atoms with Gasteiger partial charge in [-0.1, -0.05) is 67.3 Å². The van der Waals surface area contributed by atoms with Gasteiger partial charge in [0.1, 0.15) is 5.82 Å². The lowest BCUT2D eigenvalue weighted by molar-refractivity contribution is 0.958. The molecule has 2 aromatic carbocycles. The molecule has 0 saturated carbocycles.